The molecule has 0 aromatic carbocycles. The van der Waals surface area contributed by atoms with Crippen molar-refractivity contribution in [3.63, 3.8) is 0 Å². The van der Waals surface area contributed by atoms with Gasteiger partial charge in [-0.2, -0.15) is 0 Å². The summed E-state index contributed by atoms with van der Waals surface area (Å²) in [7, 11) is 0. The van der Waals surface area contributed by atoms with Crippen LogP contribution >= 0.6 is 0 Å². The number of nitrogens with one attached hydrogen (secondary N) is 4. The molecule has 1 heterocycles. The SMILES string of the molecule is CCC(C)C(NC(=O)C1CCCN1)C(=O)NC(CCC(=O)O)C(=O)NC(CCC(=O)O)C(=O)O. The van der Waals surface area contributed by atoms with E-state index >= 15 is 0 Å². The normalized spacial score (nSPS) is 18.7. The first-order valence-corrected chi connectivity index (χ1v) is 11.3. The molecule has 1 aliphatic heterocycles. The number of carbonyl (C=O) groups is 6. The van der Waals surface area contributed by atoms with E-state index in [1.807, 2.05) is 6.92 Å². The fourth-order valence-electron chi connectivity index (χ4n) is 3.46. The summed E-state index contributed by atoms with van der Waals surface area (Å²) in [5.74, 6) is -6.28. The van der Waals surface area contributed by atoms with Crippen LogP contribution in [0.2, 0.25) is 0 Å². The number of amides is 3. The quantitative estimate of drug-likeness (QED) is 0.151. The Hall–Kier alpha value is -3.22. The van der Waals surface area contributed by atoms with Crippen LogP contribution < -0.4 is 21.3 Å². The molecule has 1 rings (SSSR count). The first kappa shape index (κ1) is 28.8. The Morgan fingerprint density at radius 3 is 1.91 bits per heavy atom. The van der Waals surface area contributed by atoms with Gasteiger partial charge in [-0.15, -0.1) is 0 Å². The molecule has 0 aromatic heterocycles. The lowest BCUT2D eigenvalue weighted by atomic mass is 9.97. The van der Waals surface area contributed by atoms with Crippen molar-refractivity contribution >= 4 is 35.6 Å². The van der Waals surface area contributed by atoms with Crippen molar-refractivity contribution in [3.8, 4) is 0 Å². The minimum atomic E-state index is -1.54. The second-order valence-corrected chi connectivity index (χ2v) is 8.35. The maximum absolute atomic E-state index is 13.0. The largest absolute Gasteiger partial charge is 0.481 e. The third kappa shape index (κ3) is 9.73. The molecule has 1 fully saturated rings. The molecular weight excluding hydrogens is 452 g/mol. The Morgan fingerprint density at radius 2 is 1.44 bits per heavy atom. The Labute approximate surface area is 197 Å². The summed E-state index contributed by atoms with van der Waals surface area (Å²) in [6.07, 6.45) is 0.246. The molecule has 0 bridgehead atoms. The zero-order valence-electron chi connectivity index (χ0n) is 19.3. The summed E-state index contributed by atoms with van der Waals surface area (Å²) < 4.78 is 0. The van der Waals surface area contributed by atoms with E-state index in [1.54, 1.807) is 6.92 Å². The summed E-state index contributed by atoms with van der Waals surface area (Å²) in [5.41, 5.74) is 0. The van der Waals surface area contributed by atoms with Crippen LogP contribution in [0.4, 0.5) is 0 Å². The fourth-order valence-corrected chi connectivity index (χ4v) is 3.46. The Balaban J connectivity index is 2.97. The van der Waals surface area contributed by atoms with Gasteiger partial charge >= 0.3 is 17.9 Å². The van der Waals surface area contributed by atoms with Crippen molar-refractivity contribution < 1.29 is 44.1 Å². The zero-order valence-corrected chi connectivity index (χ0v) is 19.3. The molecule has 0 aliphatic carbocycles. The molecule has 0 radical (unpaired) electrons. The highest BCUT2D eigenvalue weighted by atomic mass is 16.4. The van der Waals surface area contributed by atoms with E-state index in [0.717, 1.165) is 6.42 Å². The molecule has 5 unspecified atom stereocenters. The molecule has 1 aliphatic rings. The van der Waals surface area contributed by atoms with Gasteiger partial charge in [0.05, 0.1) is 6.04 Å². The Kier molecular flexibility index (Phi) is 12.0. The van der Waals surface area contributed by atoms with Gasteiger partial charge in [-0.3, -0.25) is 24.0 Å². The number of rotatable bonds is 15. The molecular formula is C21H34N4O9. The summed E-state index contributed by atoms with van der Waals surface area (Å²) in [5, 5.41) is 37.4. The van der Waals surface area contributed by atoms with Crippen LogP contribution in [0.25, 0.3) is 0 Å². The lowest BCUT2D eigenvalue weighted by molar-refractivity contribution is -0.144. The highest BCUT2D eigenvalue weighted by Gasteiger charge is 2.33. The van der Waals surface area contributed by atoms with Gasteiger partial charge in [0.25, 0.3) is 0 Å². The molecule has 3 amide bonds. The van der Waals surface area contributed by atoms with Crippen LogP contribution in [0.15, 0.2) is 0 Å². The van der Waals surface area contributed by atoms with E-state index in [0.29, 0.717) is 19.4 Å². The summed E-state index contributed by atoms with van der Waals surface area (Å²) in [6, 6.07) is -4.37. The molecule has 0 aromatic rings. The van der Waals surface area contributed by atoms with Gasteiger partial charge in [-0.25, -0.2) is 4.79 Å². The third-order valence-corrected chi connectivity index (χ3v) is 5.71. The number of carboxylic acids is 3. The molecule has 0 saturated carbocycles. The molecule has 13 nitrogen and oxygen atoms in total. The summed E-state index contributed by atoms with van der Waals surface area (Å²) in [4.78, 5) is 71.5. The van der Waals surface area contributed by atoms with Crippen LogP contribution in [0.3, 0.4) is 0 Å². The van der Waals surface area contributed by atoms with E-state index < -0.39 is 73.2 Å². The maximum atomic E-state index is 13.0. The highest BCUT2D eigenvalue weighted by Crippen LogP contribution is 2.12. The molecule has 34 heavy (non-hydrogen) atoms. The van der Waals surface area contributed by atoms with Crippen molar-refractivity contribution in [1.29, 1.82) is 0 Å². The average Bonchev–Trinajstić information content (AvgIpc) is 3.31. The van der Waals surface area contributed by atoms with Crippen molar-refractivity contribution in [2.75, 3.05) is 6.54 Å². The number of hydrogen-bond donors (Lipinski definition) is 7. The van der Waals surface area contributed by atoms with Gasteiger partial charge < -0.3 is 36.6 Å². The van der Waals surface area contributed by atoms with Crippen LogP contribution in [0.5, 0.6) is 0 Å². The molecule has 5 atom stereocenters. The maximum Gasteiger partial charge on any atom is 0.326 e. The van der Waals surface area contributed by atoms with Gasteiger partial charge in [0.2, 0.25) is 17.7 Å². The first-order valence-electron chi connectivity index (χ1n) is 11.3. The third-order valence-electron chi connectivity index (χ3n) is 5.71. The monoisotopic (exact) mass is 486 g/mol. The molecule has 0 spiro atoms. The lowest BCUT2D eigenvalue weighted by Crippen LogP contribution is -2.58. The zero-order chi connectivity index (χ0) is 25.8. The van der Waals surface area contributed by atoms with Crippen molar-refractivity contribution in [3.05, 3.63) is 0 Å². The molecule has 1 saturated heterocycles. The Bertz CT molecular complexity index is 767. The fraction of sp³-hybridized carbons (Fsp3) is 0.714. The smallest absolute Gasteiger partial charge is 0.326 e. The molecule has 192 valence electrons. The standard InChI is InChI=1S/C21H34N4O9/c1-3-11(2)17(25-18(30)12-5-4-10-22-12)20(32)23-13(6-8-15(26)27)19(31)24-14(21(33)34)7-9-16(28)29/h11-14,17,22H,3-10H2,1-2H3,(H,23,32)(H,24,31)(H,25,30)(H,26,27)(H,28,29)(H,33,34). The highest BCUT2D eigenvalue weighted by molar-refractivity contribution is 5.94. The van der Waals surface area contributed by atoms with Gasteiger partial charge in [-0.05, 0) is 38.1 Å². The predicted octanol–water partition coefficient (Wildman–Crippen LogP) is -0.947. The minimum absolute atomic E-state index is 0.309. The van der Waals surface area contributed by atoms with Gasteiger partial charge in [-0.1, -0.05) is 20.3 Å². The average molecular weight is 487 g/mol. The van der Waals surface area contributed by atoms with E-state index in [-0.39, 0.29) is 18.2 Å². The summed E-state index contributed by atoms with van der Waals surface area (Å²) >= 11 is 0. The van der Waals surface area contributed by atoms with E-state index in [9.17, 15) is 33.9 Å². The van der Waals surface area contributed by atoms with Crippen molar-refractivity contribution in [2.45, 2.75) is 83.0 Å². The predicted molar refractivity (Wildman–Crippen MR) is 118 cm³/mol. The van der Waals surface area contributed by atoms with Crippen molar-refractivity contribution in [1.82, 2.24) is 21.3 Å². The second kappa shape index (κ2) is 14.1. The molecule has 13 heteroatoms. The van der Waals surface area contributed by atoms with Crippen LogP contribution in [-0.4, -0.2) is 81.7 Å². The second-order valence-electron chi connectivity index (χ2n) is 8.35. The minimum Gasteiger partial charge on any atom is -0.481 e. The van der Waals surface area contributed by atoms with Gasteiger partial charge in [0, 0.05) is 12.8 Å². The van der Waals surface area contributed by atoms with Gasteiger partial charge in [0.15, 0.2) is 0 Å². The topological polar surface area (TPSA) is 211 Å². The number of carboxylic acid groups (broad SMARTS) is 3. The first-order chi connectivity index (χ1) is 16.0. The van der Waals surface area contributed by atoms with E-state index in [4.69, 9.17) is 10.2 Å². The van der Waals surface area contributed by atoms with Gasteiger partial charge in [0.1, 0.15) is 18.1 Å². The van der Waals surface area contributed by atoms with E-state index in [2.05, 4.69) is 21.3 Å². The molecule has 7 N–H and O–H groups in total. The Morgan fingerprint density at radius 1 is 0.882 bits per heavy atom. The van der Waals surface area contributed by atoms with E-state index in [1.165, 1.54) is 0 Å². The number of carbonyl (C=O) groups excluding carboxylic acids is 3. The number of aliphatic carboxylic acids is 3. The van der Waals surface area contributed by atoms with Crippen molar-refractivity contribution in [2.24, 2.45) is 5.92 Å². The summed E-state index contributed by atoms with van der Waals surface area (Å²) in [6.45, 7) is 4.24. The van der Waals surface area contributed by atoms with Crippen LogP contribution in [-0.2, 0) is 28.8 Å². The number of hydrogen-bond acceptors (Lipinski definition) is 7. The lowest BCUT2D eigenvalue weighted by Gasteiger charge is -2.28. The van der Waals surface area contributed by atoms with Crippen LogP contribution in [0.1, 0.15) is 58.8 Å². The van der Waals surface area contributed by atoms with Crippen LogP contribution in [0, 0.1) is 5.92 Å².